The molecule has 0 bridgehead atoms. The van der Waals surface area contributed by atoms with Gasteiger partial charge in [0, 0.05) is 38.4 Å². The number of nitrogens with zero attached hydrogens (tertiary/aromatic N) is 5. The summed E-state index contributed by atoms with van der Waals surface area (Å²) in [7, 11) is 2.15. The number of piperidine rings is 1. The Balaban J connectivity index is 1.39. The highest BCUT2D eigenvalue weighted by Crippen LogP contribution is 2.46. The minimum Gasteiger partial charge on any atom is -0.369 e. The van der Waals surface area contributed by atoms with Crippen LogP contribution in [-0.4, -0.2) is 32.8 Å². The van der Waals surface area contributed by atoms with Crippen molar-refractivity contribution in [3.8, 4) is 0 Å². The van der Waals surface area contributed by atoms with Gasteiger partial charge < -0.3 is 9.47 Å². The van der Waals surface area contributed by atoms with Crippen LogP contribution in [0.1, 0.15) is 61.7 Å². The lowest BCUT2D eigenvalue weighted by Crippen LogP contribution is -2.34. The summed E-state index contributed by atoms with van der Waals surface area (Å²) in [5.41, 5.74) is 2.25. The first-order valence-electron chi connectivity index (χ1n) is 11.1. The molecule has 162 valence electrons. The summed E-state index contributed by atoms with van der Waals surface area (Å²) >= 11 is 12.8. The summed E-state index contributed by atoms with van der Waals surface area (Å²) in [4.78, 5) is 6.34. The maximum Gasteiger partial charge on any atom is 0.143 e. The van der Waals surface area contributed by atoms with Crippen molar-refractivity contribution in [1.29, 1.82) is 0 Å². The lowest BCUT2D eigenvalue weighted by Gasteiger charge is -2.34. The molecule has 3 aromatic rings. The number of halogens is 2. The van der Waals surface area contributed by atoms with Gasteiger partial charge >= 0.3 is 0 Å². The van der Waals surface area contributed by atoms with E-state index in [9.17, 15) is 0 Å². The second-order valence-electron chi connectivity index (χ2n) is 8.81. The van der Waals surface area contributed by atoms with Crippen LogP contribution in [0, 0.1) is 0 Å². The van der Waals surface area contributed by atoms with Crippen molar-refractivity contribution in [3.05, 3.63) is 70.0 Å². The molecule has 7 heteroatoms. The van der Waals surface area contributed by atoms with E-state index in [1.165, 1.54) is 18.4 Å². The van der Waals surface area contributed by atoms with E-state index in [0.717, 1.165) is 56.1 Å². The van der Waals surface area contributed by atoms with Crippen LogP contribution in [0.25, 0.3) is 0 Å². The number of hydrogen-bond acceptors (Lipinski definition) is 4. The van der Waals surface area contributed by atoms with Crippen LogP contribution in [0.3, 0.4) is 0 Å². The molecule has 1 saturated carbocycles. The minimum atomic E-state index is -0.0138. The Morgan fingerprint density at radius 2 is 1.58 bits per heavy atom. The SMILES string of the molecule is Cn1c(C2CCN(c3c(Cl)cncc3Cl)CC2)nnc1C1(c2ccccc2)CCCC1. The molecule has 1 saturated heterocycles. The quantitative estimate of drug-likeness (QED) is 0.501. The monoisotopic (exact) mass is 455 g/mol. The molecular formula is C24H27Cl2N5. The molecule has 0 N–H and O–H groups in total. The minimum absolute atomic E-state index is 0.0138. The summed E-state index contributed by atoms with van der Waals surface area (Å²) in [6, 6.07) is 10.9. The lowest BCUT2D eigenvalue weighted by molar-refractivity contribution is 0.452. The van der Waals surface area contributed by atoms with E-state index in [1.54, 1.807) is 12.4 Å². The maximum absolute atomic E-state index is 6.38. The fourth-order valence-corrected chi connectivity index (χ4v) is 6.16. The summed E-state index contributed by atoms with van der Waals surface area (Å²) in [5, 5.41) is 10.7. The fraction of sp³-hybridized carbons (Fsp3) is 0.458. The molecule has 1 aliphatic carbocycles. The first-order chi connectivity index (χ1) is 15.1. The highest BCUT2D eigenvalue weighted by Gasteiger charge is 2.42. The highest BCUT2D eigenvalue weighted by molar-refractivity contribution is 6.38. The van der Waals surface area contributed by atoms with Crippen LogP contribution in [0.2, 0.25) is 10.0 Å². The summed E-state index contributed by atoms with van der Waals surface area (Å²) in [5.74, 6) is 2.61. The summed E-state index contributed by atoms with van der Waals surface area (Å²) in [6.07, 6.45) is 10.1. The molecule has 0 unspecified atom stereocenters. The van der Waals surface area contributed by atoms with Crippen LogP contribution in [0.15, 0.2) is 42.7 Å². The zero-order chi connectivity index (χ0) is 21.4. The first kappa shape index (κ1) is 20.8. The van der Waals surface area contributed by atoms with Gasteiger partial charge in [-0.1, -0.05) is 66.4 Å². The van der Waals surface area contributed by atoms with Gasteiger partial charge in [0.05, 0.1) is 21.1 Å². The molecule has 0 radical (unpaired) electrons. The number of benzene rings is 1. The number of anilines is 1. The van der Waals surface area contributed by atoms with Crippen molar-refractivity contribution in [3.63, 3.8) is 0 Å². The normalized spacial score (nSPS) is 19.1. The van der Waals surface area contributed by atoms with Gasteiger partial charge in [0.2, 0.25) is 0 Å². The van der Waals surface area contributed by atoms with Crippen molar-refractivity contribution in [2.45, 2.75) is 49.9 Å². The van der Waals surface area contributed by atoms with Gasteiger partial charge in [0.25, 0.3) is 0 Å². The zero-order valence-electron chi connectivity index (χ0n) is 17.8. The molecule has 0 atom stereocenters. The second kappa shape index (κ2) is 8.44. The highest BCUT2D eigenvalue weighted by atomic mass is 35.5. The Bertz CT molecular complexity index is 1030. The van der Waals surface area contributed by atoms with Crippen molar-refractivity contribution < 1.29 is 0 Å². The van der Waals surface area contributed by atoms with Gasteiger partial charge in [-0.25, -0.2) is 0 Å². The third-order valence-electron chi connectivity index (χ3n) is 7.12. The van der Waals surface area contributed by atoms with E-state index in [0.29, 0.717) is 16.0 Å². The number of pyridine rings is 1. The van der Waals surface area contributed by atoms with E-state index in [4.69, 9.17) is 33.4 Å². The number of aromatic nitrogens is 4. The summed E-state index contributed by atoms with van der Waals surface area (Å²) in [6.45, 7) is 1.78. The average molecular weight is 456 g/mol. The van der Waals surface area contributed by atoms with E-state index in [2.05, 4.69) is 51.8 Å². The molecule has 2 aliphatic rings. The van der Waals surface area contributed by atoms with Gasteiger partial charge in [-0.3, -0.25) is 4.98 Å². The lowest BCUT2D eigenvalue weighted by atomic mass is 9.78. The van der Waals surface area contributed by atoms with Crippen molar-refractivity contribution in [2.75, 3.05) is 18.0 Å². The second-order valence-corrected chi connectivity index (χ2v) is 9.62. The topological polar surface area (TPSA) is 46.8 Å². The molecule has 5 nitrogen and oxygen atoms in total. The Labute approximate surface area is 193 Å². The predicted octanol–water partition coefficient (Wildman–Crippen LogP) is 5.76. The van der Waals surface area contributed by atoms with Crippen LogP contribution < -0.4 is 4.90 Å². The molecule has 31 heavy (non-hydrogen) atoms. The molecule has 1 aliphatic heterocycles. The Morgan fingerprint density at radius 3 is 2.23 bits per heavy atom. The van der Waals surface area contributed by atoms with Crippen LogP contribution >= 0.6 is 23.2 Å². The third-order valence-corrected chi connectivity index (χ3v) is 7.68. The van der Waals surface area contributed by atoms with Gasteiger partial charge in [-0.2, -0.15) is 0 Å². The third kappa shape index (κ3) is 3.62. The van der Waals surface area contributed by atoms with Gasteiger partial charge in [0.1, 0.15) is 11.6 Å². The molecule has 5 rings (SSSR count). The Kier molecular flexibility index (Phi) is 5.65. The largest absolute Gasteiger partial charge is 0.369 e. The molecule has 0 amide bonds. The first-order valence-corrected chi connectivity index (χ1v) is 11.8. The van der Waals surface area contributed by atoms with E-state index < -0.39 is 0 Å². The van der Waals surface area contributed by atoms with E-state index in [1.807, 2.05) is 0 Å². The zero-order valence-corrected chi connectivity index (χ0v) is 19.3. The molecule has 2 aromatic heterocycles. The molecule has 1 aromatic carbocycles. The smallest absolute Gasteiger partial charge is 0.143 e. The Morgan fingerprint density at radius 1 is 0.935 bits per heavy atom. The average Bonchev–Trinajstić information content (AvgIpc) is 3.43. The molecule has 2 fully saturated rings. The molecule has 3 heterocycles. The maximum atomic E-state index is 6.38. The summed E-state index contributed by atoms with van der Waals surface area (Å²) < 4.78 is 2.28. The van der Waals surface area contributed by atoms with Gasteiger partial charge in [0.15, 0.2) is 0 Å². The van der Waals surface area contributed by atoms with E-state index >= 15 is 0 Å². The van der Waals surface area contributed by atoms with Crippen molar-refractivity contribution in [1.82, 2.24) is 19.7 Å². The van der Waals surface area contributed by atoms with Crippen LogP contribution in [0.5, 0.6) is 0 Å². The fourth-order valence-electron chi connectivity index (χ4n) is 5.56. The standard InChI is InChI=1S/C24H27Cl2N5/c1-30-22(17-9-13-31(14-10-17)21-19(25)15-27-16-20(21)26)28-29-23(30)24(11-5-6-12-24)18-7-3-2-4-8-18/h2-4,7-8,15-17H,5-6,9-14H2,1H3. The van der Waals surface area contributed by atoms with Crippen LogP contribution in [-0.2, 0) is 12.5 Å². The molecular weight excluding hydrogens is 429 g/mol. The van der Waals surface area contributed by atoms with Crippen molar-refractivity contribution in [2.24, 2.45) is 7.05 Å². The van der Waals surface area contributed by atoms with E-state index in [-0.39, 0.29) is 5.41 Å². The number of rotatable bonds is 4. The van der Waals surface area contributed by atoms with Gasteiger partial charge in [-0.05, 0) is 31.2 Å². The number of hydrogen-bond donors (Lipinski definition) is 0. The van der Waals surface area contributed by atoms with Crippen molar-refractivity contribution >= 4 is 28.9 Å². The van der Waals surface area contributed by atoms with Crippen LogP contribution in [0.4, 0.5) is 5.69 Å². The molecule has 0 spiro atoms. The van der Waals surface area contributed by atoms with Gasteiger partial charge in [-0.15, -0.1) is 10.2 Å². The Hall–Kier alpha value is -2.11. The predicted molar refractivity (Wildman–Crippen MR) is 125 cm³/mol.